The molecule has 2 aromatic heterocycles. The third kappa shape index (κ3) is 5.24. The number of nitrogens with zero attached hydrogens (tertiary/aromatic N) is 4. The summed E-state index contributed by atoms with van der Waals surface area (Å²) in [6.45, 7) is 2.25. The number of hydrogen-bond acceptors (Lipinski definition) is 7. The van der Waals surface area contributed by atoms with Crippen LogP contribution in [0.1, 0.15) is 35.6 Å². The Labute approximate surface area is 268 Å². The molecule has 2 N–H and O–H groups in total. The van der Waals surface area contributed by atoms with Gasteiger partial charge in [0.25, 0.3) is 0 Å². The predicted molar refractivity (Wildman–Crippen MR) is 175 cm³/mol. The largest absolute Gasteiger partial charge is 0.487 e. The van der Waals surface area contributed by atoms with Crippen LogP contribution in [0.5, 0.6) is 11.5 Å². The molecule has 0 bridgehead atoms. The summed E-state index contributed by atoms with van der Waals surface area (Å²) in [5.74, 6) is 0.588. The lowest BCUT2D eigenvalue weighted by molar-refractivity contribution is -0.108. The molecule has 1 aliphatic rings. The molecule has 0 fully saturated rings. The average Bonchev–Trinajstić information content (AvgIpc) is 3.48. The smallest absolute Gasteiger partial charge is 0.164 e. The van der Waals surface area contributed by atoms with Crippen molar-refractivity contribution in [2.24, 2.45) is 0 Å². The number of rotatable bonds is 8. The molecular formula is C36H27ClFN5O3. The summed E-state index contributed by atoms with van der Waals surface area (Å²) in [6.07, 6.45) is 2.22. The minimum atomic E-state index is -0.701. The van der Waals surface area contributed by atoms with Gasteiger partial charge in [-0.05, 0) is 54.4 Å². The first-order valence-corrected chi connectivity index (χ1v) is 15.0. The number of anilines is 1. The second kappa shape index (κ2) is 12.1. The summed E-state index contributed by atoms with van der Waals surface area (Å²) in [5.41, 5.74) is 10.8. The molecular weight excluding hydrogens is 605 g/mol. The highest BCUT2D eigenvalue weighted by atomic mass is 35.5. The third-order valence-corrected chi connectivity index (χ3v) is 8.32. The van der Waals surface area contributed by atoms with Crippen molar-refractivity contribution in [1.29, 1.82) is 0 Å². The minimum absolute atomic E-state index is 0.235. The zero-order chi connectivity index (χ0) is 31.8. The van der Waals surface area contributed by atoms with Crippen LogP contribution in [0.25, 0.3) is 27.9 Å². The molecule has 0 saturated carbocycles. The molecule has 10 heteroatoms. The van der Waals surface area contributed by atoms with E-state index in [1.807, 2.05) is 61.5 Å². The predicted octanol–water partition coefficient (Wildman–Crippen LogP) is 7.79. The summed E-state index contributed by atoms with van der Waals surface area (Å²) in [5, 5.41) is 5.90. The van der Waals surface area contributed by atoms with Crippen molar-refractivity contribution in [1.82, 2.24) is 19.7 Å². The molecule has 0 aliphatic carbocycles. The van der Waals surface area contributed by atoms with Gasteiger partial charge in [0.05, 0.1) is 16.3 Å². The Morgan fingerprint density at radius 3 is 2.59 bits per heavy atom. The Bertz CT molecular complexity index is 2130. The number of ether oxygens (including phenoxy) is 2. The molecule has 228 valence electrons. The van der Waals surface area contributed by atoms with Crippen molar-refractivity contribution in [2.75, 3.05) is 5.73 Å². The second-order valence-electron chi connectivity index (χ2n) is 10.9. The Morgan fingerprint density at radius 2 is 1.80 bits per heavy atom. The van der Waals surface area contributed by atoms with Gasteiger partial charge in [0, 0.05) is 16.7 Å². The van der Waals surface area contributed by atoms with Gasteiger partial charge in [0.15, 0.2) is 5.65 Å². The first-order valence-electron chi connectivity index (χ1n) is 14.6. The topological polar surface area (TPSA) is 105 Å². The summed E-state index contributed by atoms with van der Waals surface area (Å²) in [6, 6.07) is 28.0. The van der Waals surface area contributed by atoms with E-state index in [2.05, 4.69) is 9.97 Å². The van der Waals surface area contributed by atoms with E-state index < -0.39 is 17.8 Å². The number of benzene rings is 4. The Kier molecular flexibility index (Phi) is 7.68. The van der Waals surface area contributed by atoms with Crippen molar-refractivity contribution in [3.8, 4) is 22.8 Å². The van der Waals surface area contributed by atoms with E-state index in [9.17, 15) is 9.18 Å². The number of aldehydes is 1. The molecule has 8 nitrogen and oxygen atoms in total. The molecule has 7 rings (SSSR count). The summed E-state index contributed by atoms with van der Waals surface area (Å²) < 4.78 is 28.7. The number of carbonyl (C=O) groups is 1. The van der Waals surface area contributed by atoms with Gasteiger partial charge in [-0.25, -0.2) is 19.0 Å². The highest BCUT2D eigenvalue weighted by molar-refractivity contribution is 6.32. The number of allylic oxidation sites excluding steroid dienone is 2. The number of fused-ring (bicyclic) bond motifs is 2. The van der Waals surface area contributed by atoms with Crippen LogP contribution in [0.2, 0.25) is 5.02 Å². The van der Waals surface area contributed by atoms with Crippen LogP contribution in [-0.2, 0) is 11.4 Å². The lowest BCUT2D eigenvalue weighted by Crippen LogP contribution is -2.23. The highest BCUT2D eigenvalue weighted by Crippen LogP contribution is 2.46. The highest BCUT2D eigenvalue weighted by Gasteiger charge is 2.35. The SMILES string of the molecule is CC(C1=C(c2cccc(F)c2)C(C=O)c2ccccc2O1)n1nc(-c2ccc(OCc3ccccc3)c(Cl)c2)c2c(N)ncnc21. The van der Waals surface area contributed by atoms with E-state index in [0.29, 0.717) is 67.9 Å². The fourth-order valence-electron chi connectivity index (χ4n) is 5.82. The van der Waals surface area contributed by atoms with Crippen LogP contribution < -0.4 is 15.2 Å². The molecule has 2 unspecified atom stereocenters. The summed E-state index contributed by atoms with van der Waals surface area (Å²) in [4.78, 5) is 21.4. The lowest BCUT2D eigenvalue weighted by atomic mass is 9.83. The number of para-hydroxylation sites is 1. The zero-order valence-electron chi connectivity index (χ0n) is 24.6. The number of halogens is 2. The van der Waals surface area contributed by atoms with Crippen LogP contribution in [0.4, 0.5) is 10.2 Å². The third-order valence-electron chi connectivity index (χ3n) is 8.03. The van der Waals surface area contributed by atoms with Gasteiger partial charge in [0.2, 0.25) is 0 Å². The van der Waals surface area contributed by atoms with Crippen LogP contribution in [0, 0.1) is 5.82 Å². The fourth-order valence-corrected chi connectivity index (χ4v) is 6.06. The van der Waals surface area contributed by atoms with E-state index >= 15 is 0 Å². The molecule has 0 radical (unpaired) electrons. The van der Waals surface area contributed by atoms with E-state index in [-0.39, 0.29) is 5.82 Å². The van der Waals surface area contributed by atoms with Crippen LogP contribution in [0.15, 0.2) is 109 Å². The van der Waals surface area contributed by atoms with E-state index in [0.717, 1.165) is 11.8 Å². The normalized spacial score (nSPS) is 14.9. The first kappa shape index (κ1) is 29.2. The molecule has 3 heterocycles. The van der Waals surface area contributed by atoms with Crippen LogP contribution in [-0.4, -0.2) is 26.0 Å². The molecule has 4 aromatic carbocycles. The number of nitrogen functional groups attached to an aromatic ring is 1. The van der Waals surface area contributed by atoms with Crippen molar-refractivity contribution < 1.29 is 18.7 Å². The van der Waals surface area contributed by atoms with E-state index in [1.54, 1.807) is 35.0 Å². The molecule has 1 aliphatic heterocycles. The fraction of sp³-hybridized carbons (Fsp3) is 0.111. The molecule has 0 saturated heterocycles. The van der Waals surface area contributed by atoms with Crippen LogP contribution >= 0.6 is 11.6 Å². The molecule has 6 aromatic rings. The number of aromatic nitrogens is 4. The lowest BCUT2D eigenvalue weighted by Gasteiger charge is -2.31. The molecule has 2 atom stereocenters. The summed E-state index contributed by atoms with van der Waals surface area (Å²) in [7, 11) is 0. The van der Waals surface area contributed by atoms with Gasteiger partial charge in [-0.3, -0.25) is 0 Å². The van der Waals surface area contributed by atoms with Crippen molar-refractivity contribution in [3.05, 3.63) is 137 Å². The van der Waals surface area contributed by atoms with Gasteiger partial charge in [-0.15, -0.1) is 0 Å². The number of hydrogen-bond donors (Lipinski definition) is 1. The molecule has 0 spiro atoms. The zero-order valence-corrected chi connectivity index (χ0v) is 25.4. The van der Waals surface area contributed by atoms with E-state index in [4.69, 9.17) is 31.9 Å². The van der Waals surface area contributed by atoms with Crippen molar-refractivity contribution >= 4 is 40.3 Å². The monoisotopic (exact) mass is 631 g/mol. The van der Waals surface area contributed by atoms with Gasteiger partial charge in [-0.2, -0.15) is 5.10 Å². The van der Waals surface area contributed by atoms with Gasteiger partial charge >= 0.3 is 0 Å². The molecule has 0 amide bonds. The minimum Gasteiger partial charge on any atom is -0.487 e. The van der Waals surface area contributed by atoms with Crippen molar-refractivity contribution in [3.63, 3.8) is 0 Å². The number of carbonyl (C=O) groups excluding carboxylic acids is 1. The van der Waals surface area contributed by atoms with E-state index in [1.165, 1.54) is 18.5 Å². The molecule has 46 heavy (non-hydrogen) atoms. The maximum absolute atomic E-state index is 14.5. The van der Waals surface area contributed by atoms with Crippen LogP contribution in [0.3, 0.4) is 0 Å². The second-order valence-corrected chi connectivity index (χ2v) is 11.3. The van der Waals surface area contributed by atoms with Gasteiger partial charge in [0.1, 0.15) is 59.8 Å². The van der Waals surface area contributed by atoms with Gasteiger partial charge < -0.3 is 20.0 Å². The maximum Gasteiger partial charge on any atom is 0.164 e. The first-order chi connectivity index (χ1) is 22.4. The average molecular weight is 632 g/mol. The number of nitrogens with two attached hydrogens (primary N) is 1. The maximum atomic E-state index is 14.5. The quantitative estimate of drug-likeness (QED) is 0.171. The Morgan fingerprint density at radius 1 is 1.00 bits per heavy atom. The standard InChI is InChI=1S/C36H27ClFN5O3/c1-21(34-31(23-10-7-11-25(38)16-23)27(18-44)26-12-5-6-13-29(26)46-34)43-36-32(35(39)40-20-41-36)33(42-43)24-14-15-30(28(37)17-24)45-19-22-8-3-2-4-9-22/h2-18,20-21,27H,19H2,1H3,(H2,39,40,41). The Hall–Kier alpha value is -5.54. The van der Waals surface area contributed by atoms with Gasteiger partial charge in [-0.1, -0.05) is 72.3 Å². The van der Waals surface area contributed by atoms with Crippen molar-refractivity contribution in [2.45, 2.75) is 25.5 Å². The summed E-state index contributed by atoms with van der Waals surface area (Å²) >= 11 is 6.69. The Balaban J connectivity index is 1.34.